The minimum absolute atomic E-state index is 0.760. The molecule has 1 rings (SSSR count). The first kappa shape index (κ1) is 11.3. The van der Waals surface area contributed by atoms with Crippen LogP contribution < -0.4 is 10.6 Å². The summed E-state index contributed by atoms with van der Waals surface area (Å²) in [7, 11) is 2.05. The Balaban J connectivity index is 2.51. The lowest BCUT2D eigenvalue weighted by molar-refractivity contribution is 0.728. The van der Waals surface area contributed by atoms with Crippen LogP contribution in [0, 0.1) is 0 Å². The van der Waals surface area contributed by atoms with Crippen LogP contribution in [0.5, 0.6) is 0 Å². The highest BCUT2D eigenvalue weighted by atomic mass is 35.5. The van der Waals surface area contributed by atoms with Crippen LogP contribution in [0.25, 0.3) is 0 Å². The fourth-order valence-corrected chi connectivity index (χ4v) is 1.66. The number of hydrogen-bond donors (Lipinski definition) is 1. The van der Waals surface area contributed by atoms with Gasteiger partial charge in [-0.15, -0.1) is 0 Å². The number of hydrogen-bond acceptors (Lipinski definition) is 2. The number of rotatable bonds is 5. The van der Waals surface area contributed by atoms with E-state index < -0.39 is 0 Å². The van der Waals surface area contributed by atoms with E-state index in [9.17, 15) is 0 Å². The van der Waals surface area contributed by atoms with Crippen LogP contribution in [-0.4, -0.2) is 20.1 Å². The molecule has 0 radical (unpaired) electrons. The van der Waals surface area contributed by atoms with E-state index in [1.165, 1.54) is 0 Å². The second-order valence-corrected chi connectivity index (χ2v) is 3.78. The van der Waals surface area contributed by atoms with Gasteiger partial charge in [-0.25, -0.2) is 0 Å². The van der Waals surface area contributed by atoms with E-state index in [1.54, 1.807) is 0 Å². The maximum absolute atomic E-state index is 6.07. The number of halogens is 1. The average molecular weight is 213 g/mol. The van der Waals surface area contributed by atoms with Crippen molar-refractivity contribution in [1.82, 2.24) is 0 Å². The lowest BCUT2D eigenvalue weighted by Crippen LogP contribution is -2.19. The molecule has 0 aliphatic heterocycles. The second kappa shape index (κ2) is 5.89. The molecule has 2 N–H and O–H groups in total. The van der Waals surface area contributed by atoms with Gasteiger partial charge in [0, 0.05) is 13.6 Å². The third kappa shape index (κ3) is 3.20. The molecule has 0 aromatic heterocycles. The van der Waals surface area contributed by atoms with Crippen molar-refractivity contribution in [3.63, 3.8) is 0 Å². The molecule has 1 aromatic carbocycles. The molecule has 0 spiro atoms. The highest BCUT2D eigenvalue weighted by Gasteiger charge is 2.03. The van der Waals surface area contributed by atoms with Crippen molar-refractivity contribution in [3.8, 4) is 0 Å². The Labute approximate surface area is 90.7 Å². The lowest BCUT2D eigenvalue weighted by Gasteiger charge is -2.20. The molecule has 0 saturated heterocycles. The van der Waals surface area contributed by atoms with E-state index in [-0.39, 0.29) is 0 Å². The van der Waals surface area contributed by atoms with Gasteiger partial charge in [-0.05, 0) is 31.5 Å². The van der Waals surface area contributed by atoms with Gasteiger partial charge in [-0.3, -0.25) is 0 Å². The molecule has 0 amide bonds. The topological polar surface area (TPSA) is 29.3 Å². The molecule has 0 atom stereocenters. The molecule has 3 heteroatoms. The van der Waals surface area contributed by atoms with Gasteiger partial charge in [0.1, 0.15) is 0 Å². The van der Waals surface area contributed by atoms with Gasteiger partial charge in [0.05, 0.1) is 10.7 Å². The van der Waals surface area contributed by atoms with E-state index in [0.29, 0.717) is 0 Å². The van der Waals surface area contributed by atoms with E-state index in [1.807, 2.05) is 24.3 Å². The Morgan fingerprint density at radius 2 is 2.00 bits per heavy atom. The van der Waals surface area contributed by atoms with E-state index >= 15 is 0 Å². The van der Waals surface area contributed by atoms with Gasteiger partial charge in [-0.1, -0.05) is 23.7 Å². The highest BCUT2D eigenvalue weighted by molar-refractivity contribution is 6.33. The van der Waals surface area contributed by atoms with Crippen molar-refractivity contribution in [2.45, 2.75) is 12.8 Å². The SMILES string of the molecule is CN(CCCCN)c1ccccc1Cl. The predicted octanol–water partition coefficient (Wildman–Crippen LogP) is 2.52. The van der Waals surface area contributed by atoms with E-state index in [2.05, 4.69) is 11.9 Å². The van der Waals surface area contributed by atoms with Gasteiger partial charge in [0.25, 0.3) is 0 Å². The molecular formula is C11H17ClN2. The summed E-state index contributed by atoms with van der Waals surface area (Å²) in [5, 5.41) is 0.808. The molecule has 0 bridgehead atoms. The summed E-state index contributed by atoms with van der Waals surface area (Å²) >= 11 is 6.07. The minimum Gasteiger partial charge on any atom is -0.373 e. The molecular weight excluding hydrogens is 196 g/mol. The third-order valence-corrected chi connectivity index (χ3v) is 2.53. The molecule has 78 valence electrons. The summed E-state index contributed by atoms with van der Waals surface area (Å²) in [4.78, 5) is 2.16. The highest BCUT2D eigenvalue weighted by Crippen LogP contribution is 2.23. The molecule has 2 nitrogen and oxygen atoms in total. The zero-order chi connectivity index (χ0) is 10.4. The summed E-state index contributed by atoms with van der Waals surface area (Å²) in [6.07, 6.45) is 2.17. The first-order chi connectivity index (χ1) is 6.75. The second-order valence-electron chi connectivity index (χ2n) is 3.37. The summed E-state index contributed by atoms with van der Waals surface area (Å²) in [5.74, 6) is 0. The van der Waals surface area contributed by atoms with Gasteiger partial charge < -0.3 is 10.6 Å². The maximum Gasteiger partial charge on any atom is 0.0639 e. The van der Waals surface area contributed by atoms with Crippen molar-refractivity contribution in [1.29, 1.82) is 0 Å². The van der Waals surface area contributed by atoms with Crippen molar-refractivity contribution in [2.75, 3.05) is 25.0 Å². The monoisotopic (exact) mass is 212 g/mol. The summed E-state index contributed by atoms with van der Waals surface area (Å²) in [5.41, 5.74) is 6.53. The number of para-hydroxylation sites is 1. The molecule has 0 aliphatic rings. The third-order valence-electron chi connectivity index (χ3n) is 2.21. The lowest BCUT2D eigenvalue weighted by atomic mass is 10.2. The molecule has 0 saturated carbocycles. The zero-order valence-corrected chi connectivity index (χ0v) is 9.30. The maximum atomic E-state index is 6.07. The van der Waals surface area contributed by atoms with Crippen LogP contribution in [-0.2, 0) is 0 Å². The Kier molecular flexibility index (Phi) is 4.77. The molecule has 1 aromatic rings. The van der Waals surface area contributed by atoms with Crippen LogP contribution in [0.3, 0.4) is 0 Å². The van der Waals surface area contributed by atoms with Crippen molar-refractivity contribution in [3.05, 3.63) is 29.3 Å². The smallest absolute Gasteiger partial charge is 0.0639 e. The van der Waals surface area contributed by atoms with Crippen molar-refractivity contribution in [2.24, 2.45) is 5.73 Å². The number of nitrogens with zero attached hydrogens (tertiary/aromatic N) is 1. The zero-order valence-electron chi connectivity index (χ0n) is 8.54. The Morgan fingerprint density at radius 1 is 1.29 bits per heavy atom. The van der Waals surface area contributed by atoms with Crippen LogP contribution in [0.4, 0.5) is 5.69 Å². The molecule has 0 heterocycles. The molecule has 0 unspecified atom stereocenters. The van der Waals surface area contributed by atoms with Crippen molar-refractivity contribution < 1.29 is 0 Å². The average Bonchev–Trinajstić information content (AvgIpc) is 2.18. The van der Waals surface area contributed by atoms with Gasteiger partial charge in [-0.2, -0.15) is 0 Å². The largest absolute Gasteiger partial charge is 0.373 e. The van der Waals surface area contributed by atoms with Crippen LogP contribution >= 0.6 is 11.6 Å². The molecule has 14 heavy (non-hydrogen) atoms. The number of nitrogens with two attached hydrogens (primary N) is 1. The van der Waals surface area contributed by atoms with Gasteiger partial charge in [0.15, 0.2) is 0 Å². The van der Waals surface area contributed by atoms with E-state index in [4.69, 9.17) is 17.3 Å². The van der Waals surface area contributed by atoms with Crippen LogP contribution in [0.15, 0.2) is 24.3 Å². The number of unbranched alkanes of at least 4 members (excludes halogenated alkanes) is 1. The van der Waals surface area contributed by atoms with Crippen molar-refractivity contribution >= 4 is 17.3 Å². The number of benzene rings is 1. The van der Waals surface area contributed by atoms with Crippen LogP contribution in [0.1, 0.15) is 12.8 Å². The molecule has 0 aliphatic carbocycles. The fraction of sp³-hybridized carbons (Fsp3) is 0.455. The quantitative estimate of drug-likeness (QED) is 0.761. The summed E-state index contributed by atoms with van der Waals surface area (Å²) in [6.45, 7) is 1.76. The molecule has 0 fully saturated rings. The summed E-state index contributed by atoms with van der Waals surface area (Å²) < 4.78 is 0. The van der Waals surface area contributed by atoms with E-state index in [0.717, 1.165) is 36.6 Å². The van der Waals surface area contributed by atoms with Crippen LogP contribution in [0.2, 0.25) is 5.02 Å². The first-order valence-corrected chi connectivity index (χ1v) is 5.29. The predicted molar refractivity (Wildman–Crippen MR) is 63.0 cm³/mol. The Morgan fingerprint density at radius 3 is 2.64 bits per heavy atom. The van der Waals surface area contributed by atoms with Gasteiger partial charge in [0.2, 0.25) is 0 Å². The Bertz CT molecular complexity index is 276. The number of anilines is 1. The first-order valence-electron chi connectivity index (χ1n) is 4.91. The fourth-order valence-electron chi connectivity index (χ4n) is 1.38. The summed E-state index contributed by atoms with van der Waals surface area (Å²) in [6, 6.07) is 7.89. The minimum atomic E-state index is 0.760. The van der Waals surface area contributed by atoms with Gasteiger partial charge >= 0.3 is 0 Å². The standard InChI is InChI=1S/C11H17ClN2/c1-14(9-5-4-8-13)11-7-3-2-6-10(11)12/h2-3,6-7H,4-5,8-9,13H2,1H3. The Hall–Kier alpha value is -0.730. The normalized spacial score (nSPS) is 10.2.